The number of rotatable bonds is 11. The third-order valence-corrected chi connectivity index (χ3v) is 7.31. The molecule has 11 heteroatoms. The zero-order valence-corrected chi connectivity index (χ0v) is 24.1. The van der Waals surface area contributed by atoms with E-state index in [4.69, 9.17) is 9.47 Å². The summed E-state index contributed by atoms with van der Waals surface area (Å²) in [5, 5.41) is 10.0. The van der Waals surface area contributed by atoms with Crippen molar-refractivity contribution in [3.63, 3.8) is 0 Å². The van der Waals surface area contributed by atoms with Gasteiger partial charge in [-0.05, 0) is 57.1 Å². The number of aromatic amines is 1. The standard InChI is InChI=1S/C31H36FN7O3/c1-38(2)13-14-42-26-17-24(16-25(18-26)41-3)31(40)34-19-21-8-11-39(12-9-21)30-27(32)20-33-29(36-30)23-6-4-5-22(15-23)28-7-10-35-37-28/h4-7,10,15-18,20-21H,8-9,11-14,19H2,1-3H3,(H,34,40)(H,35,37). The molecule has 2 N–H and O–H groups in total. The largest absolute Gasteiger partial charge is 0.497 e. The number of carbonyl (C=O) groups excluding carboxylic acids is 1. The number of piperidine rings is 1. The molecule has 0 radical (unpaired) electrons. The van der Waals surface area contributed by atoms with Crippen molar-refractivity contribution in [1.82, 2.24) is 30.4 Å². The first kappa shape index (κ1) is 29.0. The van der Waals surface area contributed by atoms with Crippen LogP contribution in [-0.4, -0.2) is 85.0 Å². The van der Waals surface area contributed by atoms with Crippen LogP contribution in [0.1, 0.15) is 23.2 Å². The van der Waals surface area contributed by atoms with Crippen molar-refractivity contribution in [2.24, 2.45) is 5.92 Å². The Kier molecular flexibility index (Phi) is 9.28. The summed E-state index contributed by atoms with van der Waals surface area (Å²) in [4.78, 5) is 25.8. The Hall–Kier alpha value is -4.51. The van der Waals surface area contributed by atoms with Crippen molar-refractivity contribution < 1.29 is 18.7 Å². The highest BCUT2D eigenvalue weighted by atomic mass is 19.1. The van der Waals surface area contributed by atoms with Gasteiger partial charge >= 0.3 is 0 Å². The monoisotopic (exact) mass is 573 g/mol. The molecule has 42 heavy (non-hydrogen) atoms. The number of anilines is 1. The van der Waals surface area contributed by atoms with Gasteiger partial charge in [-0.25, -0.2) is 14.4 Å². The number of methoxy groups -OCH3 is 1. The molecular formula is C31H36FN7O3. The number of likely N-dealkylation sites (N-methyl/N-ethyl adjacent to an activating group) is 1. The van der Waals surface area contributed by atoms with Crippen molar-refractivity contribution >= 4 is 11.7 Å². The van der Waals surface area contributed by atoms with Crippen molar-refractivity contribution in [2.45, 2.75) is 12.8 Å². The van der Waals surface area contributed by atoms with Gasteiger partial charge in [0.25, 0.3) is 5.91 Å². The van der Waals surface area contributed by atoms with E-state index in [1.54, 1.807) is 31.5 Å². The fourth-order valence-electron chi connectivity index (χ4n) is 4.90. The lowest BCUT2D eigenvalue weighted by Gasteiger charge is -2.33. The molecule has 1 saturated heterocycles. The van der Waals surface area contributed by atoms with Gasteiger partial charge in [0.1, 0.15) is 18.1 Å². The van der Waals surface area contributed by atoms with Crippen LogP contribution in [0.5, 0.6) is 11.5 Å². The topological polar surface area (TPSA) is 109 Å². The Bertz CT molecular complexity index is 1490. The van der Waals surface area contributed by atoms with E-state index >= 15 is 0 Å². The van der Waals surface area contributed by atoms with Crippen LogP contribution in [0.15, 0.2) is 60.9 Å². The summed E-state index contributed by atoms with van der Waals surface area (Å²) in [6, 6.07) is 14.9. The molecule has 220 valence electrons. The normalized spacial score (nSPS) is 13.8. The van der Waals surface area contributed by atoms with Gasteiger partial charge in [0.05, 0.1) is 19.0 Å². The van der Waals surface area contributed by atoms with E-state index in [0.717, 1.165) is 36.2 Å². The number of hydrogen-bond donors (Lipinski definition) is 2. The van der Waals surface area contributed by atoms with Crippen LogP contribution >= 0.6 is 0 Å². The first-order valence-electron chi connectivity index (χ1n) is 14.0. The summed E-state index contributed by atoms with van der Waals surface area (Å²) < 4.78 is 26.0. The van der Waals surface area contributed by atoms with Crippen LogP contribution in [0.3, 0.4) is 0 Å². The highest BCUT2D eigenvalue weighted by Crippen LogP contribution is 2.28. The molecule has 0 unspecified atom stereocenters. The van der Waals surface area contributed by atoms with Crippen LogP contribution in [-0.2, 0) is 0 Å². The lowest BCUT2D eigenvalue weighted by Crippen LogP contribution is -2.39. The van der Waals surface area contributed by atoms with Gasteiger partial charge in [0, 0.05) is 55.1 Å². The highest BCUT2D eigenvalue weighted by Gasteiger charge is 2.24. The number of nitrogens with one attached hydrogen (secondary N) is 2. The summed E-state index contributed by atoms with van der Waals surface area (Å²) in [6.45, 7) is 3.05. The smallest absolute Gasteiger partial charge is 0.251 e. The lowest BCUT2D eigenvalue weighted by atomic mass is 9.96. The van der Waals surface area contributed by atoms with Gasteiger partial charge in [0.2, 0.25) is 0 Å². The maximum absolute atomic E-state index is 14.9. The number of nitrogens with zero attached hydrogens (tertiary/aromatic N) is 5. The molecule has 1 fully saturated rings. The van der Waals surface area contributed by atoms with Crippen molar-refractivity contribution in [2.75, 3.05) is 58.9 Å². The lowest BCUT2D eigenvalue weighted by molar-refractivity contribution is 0.0944. The SMILES string of the molecule is COc1cc(OCCN(C)C)cc(C(=O)NCC2CCN(c3nc(-c4cccc(-c5ccn[nH]5)c4)ncc3F)CC2)c1. The maximum Gasteiger partial charge on any atom is 0.251 e. The molecular weight excluding hydrogens is 537 g/mol. The van der Waals surface area contributed by atoms with Gasteiger partial charge in [-0.15, -0.1) is 0 Å². The highest BCUT2D eigenvalue weighted by molar-refractivity contribution is 5.95. The molecule has 0 aliphatic carbocycles. The number of benzene rings is 2. The third kappa shape index (κ3) is 7.22. The molecule has 2 aromatic carbocycles. The van der Waals surface area contributed by atoms with Gasteiger partial charge in [0.15, 0.2) is 17.5 Å². The molecule has 5 rings (SSSR count). The van der Waals surface area contributed by atoms with E-state index in [1.165, 1.54) is 6.20 Å². The average Bonchev–Trinajstić information content (AvgIpc) is 3.56. The minimum Gasteiger partial charge on any atom is -0.497 e. The van der Waals surface area contributed by atoms with Crippen LogP contribution in [0.4, 0.5) is 10.2 Å². The summed E-state index contributed by atoms with van der Waals surface area (Å²) in [5.41, 5.74) is 3.11. The number of ether oxygens (including phenoxy) is 2. The van der Waals surface area contributed by atoms with E-state index in [2.05, 4.69) is 25.5 Å². The van der Waals surface area contributed by atoms with E-state index < -0.39 is 5.82 Å². The third-order valence-electron chi connectivity index (χ3n) is 7.31. The van der Waals surface area contributed by atoms with Crippen molar-refractivity contribution in [3.05, 3.63) is 72.3 Å². The molecule has 1 aliphatic heterocycles. The molecule has 3 heterocycles. The van der Waals surface area contributed by atoms with E-state index in [9.17, 15) is 9.18 Å². The molecule has 1 amide bonds. The fourth-order valence-corrected chi connectivity index (χ4v) is 4.90. The summed E-state index contributed by atoms with van der Waals surface area (Å²) in [6.07, 6.45) is 4.53. The molecule has 0 spiro atoms. The van der Waals surface area contributed by atoms with Crippen LogP contribution in [0, 0.1) is 11.7 Å². The van der Waals surface area contributed by atoms with Crippen LogP contribution in [0.2, 0.25) is 0 Å². The number of halogens is 1. The Morgan fingerprint density at radius 3 is 2.64 bits per heavy atom. The second-order valence-electron chi connectivity index (χ2n) is 10.6. The second kappa shape index (κ2) is 13.4. The molecule has 0 saturated carbocycles. The Morgan fingerprint density at radius 2 is 1.90 bits per heavy atom. The Morgan fingerprint density at radius 1 is 1.12 bits per heavy atom. The maximum atomic E-state index is 14.9. The minimum absolute atomic E-state index is 0.183. The fraction of sp³-hybridized carbons (Fsp3) is 0.355. The van der Waals surface area contributed by atoms with Gasteiger partial charge in [-0.1, -0.05) is 18.2 Å². The number of hydrogen-bond acceptors (Lipinski definition) is 8. The van der Waals surface area contributed by atoms with Gasteiger partial charge in [-0.2, -0.15) is 5.10 Å². The minimum atomic E-state index is -0.447. The average molecular weight is 574 g/mol. The van der Waals surface area contributed by atoms with E-state index in [-0.39, 0.29) is 11.8 Å². The predicted molar refractivity (Wildman–Crippen MR) is 159 cm³/mol. The summed E-state index contributed by atoms with van der Waals surface area (Å²) in [7, 11) is 5.52. The first-order chi connectivity index (χ1) is 20.4. The van der Waals surface area contributed by atoms with Crippen molar-refractivity contribution in [1.29, 1.82) is 0 Å². The first-order valence-corrected chi connectivity index (χ1v) is 14.0. The summed E-state index contributed by atoms with van der Waals surface area (Å²) in [5.74, 6) is 1.55. The second-order valence-corrected chi connectivity index (χ2v) is 10.6. The van der Waals surface area contributed by atoms with Crippen LogP contribution < -0.4 is 19.7 Å². The zero-order chi connectivity index (χ0) is 29.5. The Labute approximate surface area is 244 Å². The van der Waals surface area contributed by atoms with E-state index in [0.29, 0.717) is 54.9 Å². The molecule has 2 aromatic heterocycles. The van der Waals surface area contributed by atoms with E-state index in [1.807, 2.05) is 54.2 Å². The number of amides is 1. The summed E-state index contributed by atoms with van der Waals surface area (Å²) >= 11 is 0. The van der Waals surface area contributed by atoms with Crippen LogP contribution in [0.25, 0.3) is 22.6 Å². The van der Waals surface area contributed by atoms with Gasteiger partial charge < -0.3 is 24.6 Å². The molecule has 0 bridgehead atoms. The number of carbonyl (C=O) groups is 1. The zero-order valence-electron chi connectivity index (χ0n) is 24.1. The van der Waals surface area contributed by atoms with Crippen molar-refractivity contribution in [3.8, 4) is 34.1 Å². The molecule has 10 nitrogen and oxygen atoms in total. The number of aromatic nitrogens is 4. The Balaban J connectivity index is 1.18. The van der Waals surface area contributed by atoms with Gasteiger partial charge in [-0.3, -0.25) is 9.89 Å². The molecule has 4 aromatic rings. The predicted octanol–water partition coefficient (Wildman–Crippen LogP) is 4.27. The number of H-pyrrole nitrogens is 1. The quantitative estimate of drug-likeness (QED) is 0.274. The molecule has 0 atom stereocenters. The molecule has 1 aliphatic rings.